The van der Waals surface area contributed by atoms with Gasteiger partial charge in [-0.25, -0.2) is 4.79 Å². The van der Waals surface area contributed by atoms with Crippen LogP contribution in [0, 0.1) is 20.2 Å². The third-order valence-corrected chi connectivity index (χ3v) is 3.16. The van der Waals surface area contributed by atoms with Crippen molar-refractivity contribution >= 4 is 40.8 Å². The van der Waals surface area contributed by atoms with Crippen LogP contribution in [0.25, 0.3) is 0 Å². The van der Waals surface area contributed by atoms with Crippen molar-refractivity contribution in [1.82, 2.24) is 5.06 Å². The number of hydrogen-bond acceptors (Lipinski definition) is 8. The molecule has 0 aromatic heterocycles. The predicted molar refractivity (Wildman–Crippen MR) is 71.3 cm³/mol. The fourth-order valence-corrected chi connectivity index (χ4v) is 2.03. The largest absolute Gasteiger partial charge is 0.370 e. The summed E-state index contributed by atoms with van der Waals surface area (Å²) in [6, 6.07) is 1.16. The van der Waals surface area contributed by atoms with Crippen LogP contribution in [-0.2, 0) is 14.4 Å². The first kappa shape index (κ1) is 16.3. The van der Waals surface area contributed by atoms with Gasteiger partial charge < -0.3 is 4.84 Å². The Morgan fingerprint density at radius 1 is 1.09 bits per heavy atom. The maximum Gasteiger partial charge on any atom is 0.370 e. The molecule has 1 heterocycles. The summed E-state index contributed by atoms with van der Waals surface area (Å²) in [5.41, 5.74) is -2.44. The van der Waals surface area contributed by atoms with E-state index in [9.17, 15) is 34.6 Å². The SMILES string of the molecule is O=C(ON1C(=O)CCC1=O)c1cc(Cl)c([N+](=O)[O-])cc1[N+](=O)[O-]. The monoisotopic (exact) mass is 343 g/mol. The molecule has 23 heavy (non-hydrogen) atoms. The second-order valence-electron chi connectivity index (χ2n) is 4.30. The minimum atomic E-state index is -1.41. The van der Waals surface area contributed by atoms with E-state index in [-0.39, 0.29) is 17.9 Å². The van der Waals surface area contributed by atoms with E-state index in [1.54, 1.807) is 0 Å². The number of rotatable bonds is 4. The summed E-state index contributed by atoms with van der Waals surface area (Å²) in [6.45, 7) is 0. The second kappa shape index (κ2) is 5.96. The van der Waals surface area contributed by atoms with E-state index in [1.165, 1.54) is 0 Å². The quantitative estimate of drug-likeness (QED) is 0.451. The molecule has 0 aliphatic carbocycles. The van der Waals surface area contributed by atoms with Crippen LogP contribution in [0.4, 0.5) is 11.4 Å². The fourth-order valence-electron chi connectivity index (χ4n) is 1.80. The molecule has 2 amide bonds. The van der Waals surface area contributed by atoms with Gasteiger partial charge in [0.2, 0.25) is 0 Å². The number of carbonyl (C=O) groups is 3. The van der Waals surface area contributed by atoms with Gasteiger partial charge in [-0.1, -0.05) is 11.6 Å². The number of carbonyl (C=O) groups excluding carboxylic acids is 3. The molecule has 0 unspecified atom stereocenters. The maximum atomic E-state index is 11.9. The van der Waals surface area contributed by atoms with E-state index in [2.05, 4.69) is 4.84 Å². The van der Waals surface area contributed by atoms with Gasteiger partial charge in [0, 0.05) is 12.8 Å². The topological polar surface area (TPSA) is 150 Å². The molecule has 1 saturated heterocycles. The Bertz CT molecular complexity index is 746. The van der Waals surface area contributed by atoms with Crippen LogP contribution < -0.4 is 0 Å². The van der Waals surface area contributed by atoms with Crippen LogP contribution in [0.5, 0.6) is 0 Å². The lowest BCUT2D eigenvalue weighted by Crippen LogP contribution is -2.32. The van der Waals surface area contributed by atoms with Crippen molar-refractivity contribution in [3.05, 3.63) is 42.9 Å². The average molecular weight is 344 g/mol. The number of hydrogen-bond donors (Lipinski definition) is 0. The number of amides is 2. The molecule has 120 valence electrons. The maximum absolute atomic E-state index is 11.9. The summed E-state index contributed by atoms with van der Waals surface area (Å²) >= 11 is 5.60. The zero-order chi connectivity index (χ0) is 17.3. The van der Waals surface area contributed by atoms with Crippen LogP contribution in [-0.4, -0.2) is 32.7 Å². The lowest BCUT2D eigenvalue weighted by Gasteiger charge is -2.12. The third kappa shape index (κ3) is 3.08. The van der Waals surface area contributed by atoms with Crippen LogP contribution in [0.15, 0.2) is 12.1 Å². The zero-order valence-corrected chi connectivity index (χ0v) is 11.8. The Morgan fingerprint density at radius 2 is 1.61 bits per heavy atom. The van der Waals surface area contributed by atoms with Gasteiger partial charge in [-0.3, -0.25) is 29.8 Å². The highest BCUT2D eigenvalue weighted by Gasteiger charge is 2.36. The van der Waals surface area contributed by atoms with Crippen molar-refractivity contribution in [2.45, 2.75) is 12.8 Å². The number of hydroxylamine groups is 2. The number of nitro groups is 2. The van der Waals surface area contributed by atoms with Gasteiger partial charge in [-0.2, -0.15) is 0 Å². The van der Waals surface area contributed by atoms with E-state index >= 15 is 0 Å². The van der Waals surface area contributed by atoms with Crippen LogP contribution >= 0.6 is 11.6 Å². The summed E-state index contributed by atoms with van der Waals surface area (Å²) in [7, 11) is 0. The molecule has 1 aliphatic heterocycles. The summed E-state index contributed by atoms with van der Waals surface area (Å²) in [5, 5.41) is 21.4. The molecule has 0 radical (unpaired) electrons. The summed E-state index contributed by atoms with van der Waals surface area (Å²) in [5.74, 6) is -2.96. The molecule has 1 fully saturated rings. The lowest BCUT2D eigenvalue weighted by molar-refractivity contribution is -0.394. The minimum Gasteiger partial charge on any atom is -0.325 e. The second-order valence-corrected chi connectivity index (χ2v) is 4.70. The van der Waals surface area contributed by atoms with Gasteiger partial charge in [-0.05, 0) is 6.07 Å². The Balaban J connectivity index is 2.41. The van der Waals surface area contributed by atoms with Crippen LogP contribution in [0.3, 0.4) is 0 Å². The highest BCUT2D eigenvalue weighted by molar-refractivity contribution is 6.33. The molecular formula is C11H6ClN3O8. The van der Waals surface area contributed by atoms with Gasteiger partial charge in [0.25, 0.3) is 23.2 Å². The zero-order valence-electron chi connectivity index (χ0n) is 11.1. The van der Waals surface area contributed by atoms with Crippen molar-refractivity contribution in [3.8, 4) is 0 Å². The standard InChI is InChI=1S/C11H6ClN3O8/c12-6-3-5(7(14(19)20)4-8(6)15(21)22)11(18)23-13-9(16)1-2-10(13)17/h3-4H,1-2H2. The van der Waals surface area contributed by atoms with Gasteiger partial charge in [0.1, 0.15) is 10.6 Å². The number of nitro benzene ring substituents is 2. The van der Waals surface area contributed by atoms with Gasteiger partial charge in [-0.15, -0.1) is 5.06 Å². The molecule has 0 N–H and O–H groups in total. The molecule has 0 spiro atoms. The van der Waals surface area contributed by atoms with Crippen molar-refractivity contribution < 1.29 is 29.1 Å². The smallest absolute Gasteiger partial charge is 0.325 e. The van der Waals surface area contributed by atoms with Gasteiger partial charge in [0.15, 0.2) is 0 Å². The lowest BCUT2D eigenvalue weighted by atomic mass is 10.1. The first-order chi connectivity index (χ1) is 10.7. The molecule has 1 aromatic rings. The molecule has 0 bridgehead atoms. The van der Waals surface area contributed by atoms with E-state index in [4.69, 9.17) is 11.6 Å². The normalized spacial score (nSPS) is 14.0. The van der Waals surface area contributed by atoms with E-state index in [0.717, 1.165) is 0 Å². The van der Waals surface area contributed by atoms with Crippen molar-refractivity contribution in [2.24, 2.45) is 0 Å². The Hall–Kier alpha value is -3.08. The Morgan fingerprint density at radius 3 is 2.09 bits per heavy atom. The predicted octanol–water partition coefficient (Wildman–Crippen LogP) is 1.38. The molecular weight excluding hydrogens is 338 g/mol. The highest BCUT2D eigenvalue weighted by atomic mass is 35.5. The highest BCUT2D eigenvalue weighted by Crippen LogP contribution is 2.33. The molecule has 12 heteroatoms. The molecule has 2 rings (SSSR count). The van der Waals surface area contributed by atoms with Crippen LogP contribution in [0.1, 0.15) is 23.2 Å². The number of benzene rings is 1. The molecule has 1 aromatic carbocycles. The summed E-state index contributed by atoms with van der Waals surface area (Å²) in [4.78, 5) is 58.9. The van der Waals surface area contributed by atoms with Gasteiger partial charge >= 0.3 is 5.97 Å². The van der Waals surface area contributed by atoms with Crippen LogP contribution in [0.2, 0.25) is 5.02 Å². The first-order valence-electron chi connectivity index (χ1n) is 5.92. The third-order valence-electron chi connectivity index (χ3n) is 2.86. The van der Waals surface area contributed by atoms with E-state index in [0.29, 0.717) is 12.1 Å². The van der Waals surface area contributed by atoms with Crippen molar-refractivity contribution in [1.29, 1.82) is 0 Å². The van der Waals surface area contributed by atoms with E-state index in [1.807, 2.05) is 0 Å². The van der Waals surface area contributed by atoms with E-state index < -0.39 is 49.6 Å². The fraction of sp³-hybridized carbons (Fsp3) is 0.182. The Labute approximate surface area is 131 Å². The first-order valence-corrected chi connectivity index (χ1v) is 6.30. The molecule has 0 saturated carbocycles. The Kier molecular flexibility index (Phi) is 4.22. The summed E-state index contributed by atoms with van der Waals surface area (Å²) < 4.78 is 0. The van der Waals surface area contributed by atoms with Crippen molar-refractivity contribution in [2.75, 3.05) is 0 Å². The average Bonchev–Trinajstić information content (AvgIpc) is 2.78. The molecule has 1 aliphatic rings. The number of imide groups is 1. The van der Waals surface area contributed by atoms with Crippen molar-refractivity contribution in [3.63, 3.8) is 0 Å². The molecule has 11 nitrogen and oxygen atoms in total. The summed E-state index contributed by atoms with van der Waals surface area (Å²) in [6.07, 6.45) is -0.315. The van der Waals surface area contributed by atoms with Gasteiger partial charge in [0.05, 0.1) is 15.9 Å². The number of nitrogens with zero attached hydrogens (tertiary/aromatic N) is 3. The number of halogens is 1. The molecule has 0 atom stereocenters. The minimum absolute atomic E-state index is 0.158.